The summed E-state index contributed by atoms with van der Waals surface area (Å²) in [5.41, 5.74) is 0. The molecule has 2 rings (SSSR count). The Kier molecular flexibility index (Phi) is 7.37. The van der Waals surface area contributed by atoms with Crippen molar-refractivity contribution in [2.75, 3.05) is 32.9 Å². The molecule has 1 aromatic carbocycles. The maximum absolute atomic E-state index is 12.4. The third kappa shape index (κ3) is 5.85. The number of amides is 2. The van der Waals surface area contributed by atoms with Crippen molar-refractivity contribution in [3.05, 3.63) is 24.3 Å². The van der Waals surface area contributed by atoms with Gasteiger partial charge in [-0.05, 0) is 38.8 Å². The van der Waals surface area contributed by atoms with E-state index in [0.717, 1.165) is 12.8 Å². The molecule has 0 spiro atoms. The number of nitrogens with one attached hydrogen (secondary N) is 1. The van der Waals surface area contributed by atoms with Crippen molar-refractivity contribution in [3.63, 3.8) is 0 Å². The highest BCUT2D eigenvalue weighted by Crippen LogP contribution is 2.26. The van der Waals surface area contributed by atoms with Crippen LogP contribution in [0.1, 0.15) is 26.7 Å². The number of piperidine rings is 1. The van der Waals surface area contributed by atoms with Gasteiger partial charge in [-0.25, -0.2) is 4.79 Å². The Morgan fingerprint density at radius 1 is 1.16 bits per heavy atom. The smallest absolute Gasteiger partial charge is 0.407 e. The van der Waals surface area contributed by atoms with E-state index in [-0.39, 0.29) is 18.6 Å². The summed E-state index contributed by atoms with van der Waals surface area (Å²) in [7, 11) is 0. The predicted octanol–water partition coefficient (Wildman–Crippen LogP) is 2.20. The number of benzene rings is 1. The average Bonchev–Trinajstić information content (AvgIpc) is 2.61. The van der Waals surface area contributed by atoms with E-state index >= 15 is 0 Å². The zero-order valence-corrected chi connectivity index (χ0v) is 14.8. The maximum Gasteiger partial charge on any atom is 0.407 e. The molecular formula is C18H26N2O5. The van der Waals surface area contributed by atoms with E-state index in [9.17, 15) is 9.59 Å². The molecule has 1 unspecified atom stereocenters. The average molecular weight is 350 g/mol. The van der Waals surface area contributed by atoms with Crippen LogP contribution >= 0.6 is 0 Å². The van der Waals surface area contributed by atoms with Gasteiger partial charge in [0.25, 0.3) is 5.91 Å². The highest BCUT2D eigenvalue weighted by Gasteiger charge is 2.25. The van der Waals surface area contributed by atoms with Crippen LogP contribution in [0, 0.1) is 0 Å². The van der Waals surface area contributed by atoms with Gasteiger partial charge in [0.1, 0.15) is 0 Å². The van der Waals surface area contributed by atoms with Gasteiger partial charge in [0, 0.05) is 19.1 Å². The topological polar surface area (TPSA) is 77.1 Å². The van der Waals surface area contributed by atoms with Crippen LogP contribution in [-0.2, 0) is 9.53 Å². The van der Waals surface area contributed by atoms with Crippen LogP contribution in [0.5, 0.6) is 11.5 Å². The van der Waals surface area contributed by atoms with Crippen LogP contribution in [0.4, 0.5) is 4.79 Å². The van der Waals surface area contributed by atoms with E-state index in [1.54, 1.807) is 17.9 Å². The highest BCUT2D eigenvalue weighted by molar-refractivity contribution is 5.78. The first kappa shape index (κ1) is 18.9. The second-order valence-corrected chi connectivity index (χ2v) is 5.71. The van der Waals surface area contributed by atoms with Gasteiger partial charge < -0.3 is 24.4 Å². The molecule has 1 aliphatic heterocycles. The van der Waals surface area contributed by atoms with Crippen molar-refractivity contribution in [3.8, 4) is 11.5 Å². The second-order valence-electron chi connectivity index (χ2n) is 5.71. The summed E-state index contributed by atoms with van der Waals surface area (Å²) in [6.45, 7) is 5.58. The monoisotopic (exact) mass is 350 g/mol. The van der Waals surface area contributed by atoms with Crippen molar-refractivity contribution in [2.24, 2.45) is 0 Å². The molecule has 0 radical (unpaired) electrons. The Balaban J connectivity index is 1.85. The van der Waals surface area contributed by atoms with Gasteiger partial charge in [0.05, 0.1) is 13.2 Å². The predicted molar refractivity (Wildman–Crippen MR) is 92.9 cm³/mol. The van der Waals surface area contributed by atoms with Gasteiger partial charge in [0.15, 0.2) is 18.1 Å². The summed E-state index contributed by atoms with van der Waals surface area (Å²) in [4.78, 5) is 25.6. The minimum Gasteiger partial charge on any atom is -0.490 e. The molecule has 2 amide bonds. The summed E-state index contributed by atoms with van der Waals surface area (Å²) in [5, 5.41) is 2.79. The summed E-state index contributed by atoms with van der Waals surface area (Å²) in [5.74, 6) is 1.07. The zero-order valence-electron chi connectivity index (χ0n) is 14.8. The summed E-state index contributed by atoms with van der Waals surface area (Å²) in [6, 6.07) is 7.19. The fourth-order valence-electron chi connectivity index (χ4n) is 2.74. The fraction of sp³-hybridized carbons (Fsp3) is 0.556. The molecule has 1 saturated heterocycles. The molecule has 0 saturated carbocycles. The molecule has 7 nitrogen and oxygen atoms in total. The van der Waals surface area contributed by atoms with E-state index in [2.05, 4.69) is 5.32 Å². The molecule has 0 aromatic heterocycles. The van der Waals surface area contributed by atoms with Crippen molar-refractivity contribution in [2.45, 2.75) is 32.7 Å². The molecule has 1 heterocycles. The molecule has 1 fully saturated rings. The number of alkyl carbamates (subject to hydrolysis) is 1. The van der Waals surface area contributed by atoms with Crippen LogP contribution in [0.3, 0.4) is 0 Å². The minimum atomic E-state index is -0.441. The number of rotatable bonds is 7. The van der Waals surface area contributed by atoms with Gasteiger partial charge in [0.2, 0.25) is 0 Å². The van der Waals surface area contributed by atoms with Crippen molar-refractivity contribution >= 4 is 12.0 Å². The minimum absolute atomic E-state index is 0.0593. The number of carbonyl (C=O) groups excluding carboxylic acids is 2. The van der Waals surface area contributed by atoms with E-state index in [0.29, 0.717) is 37.8 Å². The van der Waals surface area contributed by atoms with E-state index in [1.807, 2.05) is 25.1 Å². The molecule has 1 N–H and O–H groups in total. The second kappa shape index (κ2) is 9.76. The molecule has 25 heavy (non-hydrogen) atoms. The third-order valence-corrected chi connectivity index (χ3v) is 3.87. The number of hydrogen-bond acceptors (Lipinski definition) is 5. The number of carbonyl (C=O) groups is 2. The zero-order chi connectivity index (χ0) is 18.1. The molecule has 7 heteroatoms. The lowest BCUT2D eigenvalue weighted by Crippen LogP contribution is -2.50. The largest absolute Gasteiger partial charge is 0.490 e. The van der Waals surface area contributed by atoms with Crippen molar-refractivity contribution < 1.29 is 23.8 Å². The van der Waals surface area contributed by atoms with Crippen LogP contribution < -0.4 is 14.8 Å². The molecule has 1 atom stereocenters. The maximum atomic E-state index is 12.4. The summed E-state index contributed by atoms with van der Waals surface area (Å²) < 4.78 is 16.0. The number of hydrogen-bond donors (Lipinski definition) is 1. The van der Waals surface area contributed by atoms with Gasteiger partial charge in [-0.15, -0.1) is 0 Å². The summed E-state index contributed by atoms with van der Waals surface area (Å²) >= 11 is 0. The Morgan fingerprint density at radius 3 is 2.56 bits per heavy atom. The molecule has 1 aliphatic rings. The van der Waals surface area contributed by atoms with Gasteiger partial charge in [-0.2, -0.15) is 0 Å². The first-order chi connectivity index (χ1) is 12.1. The normalized spacial score (nSPS) is 16.9. The lowest BCUT2D eigenvalue weighted by atomic mass is 10.1. The fourth-order valence-corrected chi connectivity index (χ4v) is 2.74. The Morgan fingerprint density at radius 2 is 1.88 bits per heavy atom. The van der Waals surface area contributed by atoms with Gasteiger partial charge >= 0.3 is 6.09 Å². The van der Waals surface area contributed by atoms with Gasteiger partial charge in [-0.1, -0.05) is 12.1 Å². The molecule has 0 bridgehead atoms. The Bertz CT molecular complexity index is 578. The van der Waals surface area contributed by atoms with E-state index < -0.39 is 6.09 Å². The summed E-state index contributed by atoms with van der Waals surface area (Å²) in [6.07, 6.45) is 1.22. The number of para-hydroxylation sites is 2. The Hall–Kier alpha value is -2.44. The SMILES string of the molecule is CCOC(=O)NC1CCCN(C(=O)COc2ccccc2OCC)C1. The molecule has 138 valence electrons. The Labute approximate surface area is 148 Å². The number of nitrogens with zero attached hydrogens (tertiary/aromatic N) is 1. The van der Waals surface area contributed by atoms with Crippen LogP contribution in [-0.4, -0.2) is 55.9 Å². The van der Waals surface area contributed by atoms with Crippen LogP contribution in [0.2, 0.25) is 0 Å². The molecule has 0 aliphatic carbocycles. The quantitative estimate of drug-likeness (QED) is 0.816. The lowest BCUT2D eigenvalue weighted by molar-refractivity contribution is -0.134. The van der Waals surface area contributed by atoms with E-state index in [4.69, 9.17) is 14.2 Å². The molecule has 1 aromatic rings. The van der Waals surface area contributed by atoms with Gasteiger partial charge in [-0.3, -0.25) is 4.79 Å². The van der Waals surface area contributed by atoms with Crippen LogP contribution in [0.25, 0.3) is 0 Å². The first-order valence-electron chi connectivity index (χ1n) is 8.69. The van der Waals surface area contributed by atoms with Crippen molar-refractivity contribution in [1.82, 2.24) is 10.2 Å². The first-order valence-corrected chi connectivity index (χ1v) is 8.69. The standard InChI is InChI=1S/C18H26N2O5/c1-3-23-15-9-5-6-10-16(15)25-13-17(21)20-11-7-8-14(12-20)19-18(22)24-4-2/h5-6,9-10,14H,3-4,7-8,11-13H2,1-2H3,(H,19,22). The number of likely N-dealkylation sites (tertiary alicyclic amines) is 1. The lowest BCUT2D eigenvalue weighted by Gasteiger charge is -2.32. The molecular weight excluding hydrogens is 324 g/mol. The highest BCUT2D eigenvalue weighted by atomic mass is 16.5. The number of ether oxygens (including phenoxy) is 3. The van der Waals surface area contributed by atoms with E-state index in [1.165, 1.54) is 0 Å². The van der Waals surface area contributed by atoms with Crippen LogP contribution in [0.15, 0.2) is 24.3 Å². The third-order valence-electron chi connectivity index (χ3n) is 3.87. The van der Waals surface area contributed by atoms with Crippen molar-refractivity contribution in [1.29, 1.82) is 0 Å².